The number of hydrogen-bond acceptors (Lipinski definition) is 4. The van der Waals surface area contributed by atoms with Crippen LogP contribution in [0.2, 0.25) is 0 Å². The summed E-state index contributed by atoms with van der Waals surface area (Å²) in [6.45, 7) is 4.14. The van der Waals surface area contributed by atoms with Crippen LogP contribution in [0.3, 0.4) is 0 Å². The van der Waals surface area contributed by atoms with Crippen LogP contribution < -0.4 is 5.32 Å². The van der Waals surface area contributed by atoms with E-state index in [1.54, 1.807) is 24.4 Å². The van der Waals surface area contributed by atoms with Crippen molar-refractivity contribution in [3.8, 4) is 11.4 Å². The Kier molecular flexibility index (Phi) is 4.18. The monoisotopic (exact) mass is 310 g/mol. The number of H-pyrrole nitrogens is 1. The van der Waals surface area contributed by atoms with Crippen molar-refractivity contribution < 1.29 is 4.79 Å². The van der Waals surface area contributed by atoms with Crippen LogP contribution in [-0.2, 0) is 0 Å². The molecular weight excluding hydrogens is 292 g/mol. The van der Waals surface area contributed by atoms with Crippen molar-refractivity contribution in [3.05, 3.63) is 48.4 Å². The summed E-state index contributed by atoms with van der Waals surface area (Å²) in [6.07, 6.45) is 4.06. The lowest BCUT2D eigenvalue weighted by Gasteiger charge is -2.14. The zero-order valence-corrected chi connectivity index (χ0v) is 13.0. The van der Waals surface area contributed by atoms with Gasteiger partial charge in [0.05, 0.1) is 12.2 Å². The summed E-state index contributed by atoms with van der Waals surface area (Å²) in [7, 11) is 0. The van der Waals surface area contributed by atoms with Gasteiger partial charge in [-0.3, -0.25) is 9.89 Å². The lowest BCUT2D eigenvalue weighted by molar-refractivity contribution is 0.102. The van der Waals surface area contributed by atoms with E-state index in [1.165, 1.54) is 6.33 Å². The van der Waals surface area contributed by atoms with Gasteiger partial charge in [0.2, 0.25) is 0 Å². The van der Waals surface area contributed by atoms with Crippen molar-refractivity contribution in [3.63, 3.8) is 0 Å². The predicted molar refractivity (Wildman–Crippen MR) is 87.0 cm³/mol. The molecule has 23 heavy (non-hydrogen) atoms. The molecule has 1 aromatic carbocycles. The van der Waals surface area contributed by atoms with Crippen LogP contribution >= 0.6 is 0 Å². The normalized spacial score (nSPS) is 12.1. The van der Waals surface area contributed by atoms with E-state index in [0.29, 0.717) is 17.2 Å². The van der Waals surface area contributed by atoms with Gasteiger partial charge in [-0.2, -0.15) is 10.2 Å². The minimum Gasteiger partial charge on any atom is -0.307 e. The molecule has 7 nitrogen and oxygen atoms in total. The maximum absolute atomic E-state index is 12.5. The molecule has 0 saturated heterocycles. The molecule has 3 aromatic rings. The predicted octanol–water partition coefficient (Wildman–Crippen LogP) is 2.89. The Morgan fingerprint density at radius 1 is 1.39 bits per heavy atom. The van der Waals surface area contributed by atoms with Crippen molar-refractivity contribution in [1.29, 1.82) is 0 Å². The zero-order valence-electron chi connectivity index (χ0n) is 13.0. The number of anilines is 1. The molecule has 2 heterocycles. The average Bonchev–Trinajstić information content (AvgIpc) is 3.26. The van der Waals surface area contributed by atoms with Gasteiger partial charge in [-0.15, -0.1) is 0 Å². The first kappa shape index (κ1) is 15.0. The molecule has 1 atom stereocenters. The third-order valence-electron chi connectivity index (χ3n) is 3.73. The lowest BCUT2D eigenvalue weighted by Crippen LogP contribution is -2.17. The van der Waals surface area contributed by atoms with E-state index in [1.807, 2.05) is 16.8 Å². The molecule has 0 bridgehead atoms. The molecule has 3 rings (SSSR count). The van der Waals surface area contributed by atoms with E-state index in [0.717, 1.165) is 12.0 Å². The molecular formula is C16H18N6O. The first-order chi connectivity index (χ1) is 11.2. The first-order valence-electron chi connectivity index (χ1n) is 7.49. The largest absolute Gasteiger partial charge is 0.307 e. The second kappa shape index (κ2) is 6.43. The molecule has 2 N–H and O–H groups in total. The summed E-state index contributed by atoms with van der Waals surface area (Å²) < 4.78 is 1.82. The molecule has 0 fully saturated rings. The number of rotatable bonds is 5. The Morgan fingerprint density at radius 3 is 3.00 bits per heavy atom. The van der Waals surface area contributed by atoms with Crippen LogP contribution in [-0.4, -0.2) is 30.9 Å². The molecule has 0 spiro atoms. The highest BCUT2D eigenvalue weighted by molar-refractivity contribution is 6.04. The summed E-state index contributed by atoms with van der Waals surface area (Å²) in [6, 6.07) is 9.25. The third-order valence-corrected chi connectivity index (χ3v) is 3.73. The van der Waals surface area contributed by atoms with Gasteiger partial charge in [0, 0.05) is 17.2 Å². The number of aromatic nitrogens is 5. The van der Waals surface area contributed by atoms with E-state index in [2.05, 4.69) is 39.4 Å². The van der Waals surface area contributed by atoms with Crippen LogP contribution in [0.25, 0.3) is 11.4 Å². The number of carbonyl (C=O) groups is 1. The summed E-state index contributed by atoms with van der Waals surface area (Å²) in [5.74, 6) is 1.13. The molecule has 0 aliphatic rings. The quantitative estimate of drug-likeness (QED) is 0.758. The van der Waals surface area contributed by atoms with Gasteiger partial charge < -0.3 is 5.32 Å². The summed E-state index contributed by atoms with van der Waals surface area (Å²) >= 11 is 0. The number of amides is 1. The maximum atomic E-state index is 12.5. The van der Waals surface area contributed by atoms with Crippen LogP contribution in [0.5, 0.6) is 0 Å². The van der Waals surface area contributed by atoms with Crippen LogP contribution in [0.4, 0.5) is 5.82 Å². The number of nitrogens with one attached hydrogen (secondary N) is 2. The van der Waals surface area contributed by atoms with E-state index < -0.39 is 0 Å². The minimum atomic E-state index is -0.184. The van der Waals surface area contributed by atoms with Crippen molar-refractivity contribution >= 4 is 11.7 Å². The molecule has 0 unspecified atom stereocenters. The number of carbonyl (C=O) groups excluding carboxylic acids is 1. The Hall–Kier alpha value is -2.96. The average molecular weight is 310 g/mol. The van der Waals surface area contributed by atoms with E-state index in [9.17, 15) is 4.79 Å². The highest BCUT2D eigenvalue weighted by Gasteiger charge is 2.13. The molecule has 1 amide bonds. The smallest absolute Gasteiger partial charge is 0.256 e. The fraction of sp³-hybridized carbons (Fsp3) is 0.250. The van der Waals surface area contributed by atoms with Crippen molar-refractivity contribution in [2.24, 2.45) is 0 Å². The van der Waals surface area contributed by atoms with Gasteiger partial charge in [-0.05, 0) is 25.5 Å². The first-order valence-corrected chi connectivity index (χ1v) is 7.49. The number of aromatic amines is 1. The molecule has 2 aromatic heterocycles. The van der Waals surface area contributed by atoms with Crippen molar-refractivity contribution in [2.75, 3.05) is 5.32 Å². The highest BCUT2D eigenvalue weighted by atomic mass is 16.1. The Balaban J connectivity index is 1.82. The van der Waals surface area contributed by atoms with Crippen LogP contribution in [0.1, 0.15) is 36.7 Å². The molecule has 0 radical (unpaired) electrons. The topological polar surface area (TPSA) is 88.5 Å². The standard InChI is InChI=1S/C16H18N6O/c1-3-11(2)22-14(7-8-19-22)20-16(23)13-6-4-5-12(9-13)15-17-10-18-21-15/h4-11H,3H2,1-2H3,(H,20,23)(H,17,18,21)/t11-/m1/s1. The summed E-state index contributed by atoms with van der Waals surface area (Å²) in [4.78, 5) is 16.6. The fourth-order valence-corrected chi connectivity index (χ4v) is 2.28. The van der Waals surface area contributed by atoms with Crippen LogP contribution in [0.15, 0.2) is 42.9 Å². The minimum absolute atomic E-state index is 0.184. The fourth-order valence-electron chi connectivity index (χ4n) is 2.28. The van der Waals surface area contributed by atoms with Gasteiger partial charge in [0.15, 0.2) is 5.82 Å². The number of nitrogens with zero attached hydrogens (tertiary/aromatic N) is 4. The zero-order chi connectivity index (χ0) is 16.2. The molecule has 118 valence electrons. The Labute approximate surface area is 133 Å². The second-order valence-corrected chi connectivity index (χ2v) is 5.29. The third kappa shape index (κ3) is 3.13. The number of hydrogen-bond donors (Lipinski definition) is 2. The van der Waals surface area contributed by atoms with Gasteiger partial charge in [-0.25, -0.2) is 9.67 Å². The molecule has 0 aliphatic carbocycles. The summed E-state index contributed by atoms with van der Waals surface area (Å²) in [5.41, 5.74) is 1.36. The molecule has 0 saturated carbocycles. The van der Waals surface area contributed by atoms with E-state index in [-0.39, 0.29) is 11.9 Å². The van der Waals surface area contributed by atoms with Gasteiger partial charge in [0.1, 0.15) is 12.1 Å². The van der Waals surface area contributed by atoms with Gasteiger partial charge >= 0.3 is 0 Å². The second-order valence-electron chi connectivity index (χ2n) is 5.29. The van der Waals surface area contributed by atoms with E-state index >= 15 is 0 Å². The van der Waals surface area contributed by atoms with Crippen molar-refractivity contribution in [2.45, 2.75) is 26.3 Å². The molecule has 0 aliphatic heterocycles. The Morgan fingerprint density at radius 2 is 2.26 bits per heavy atom. The maximum Gasteiger partial charge on any atom is 0.256 e. The Bertz CT molecular complexity index is 793. The van der Waals surface area contributed by atoms with E-state index in [4.69, 9.17) is 0 Å². The lowest BCUT2D eigenvalue weighted by atomic mass is 10.1. The summed E-state index contributed by atoms with van der Waals surface area (Å²) in [5, 5.41) is 13.8. The molecule has 7 heteroatoms. The van der Waals surface area contributed by atoms with Crippen LogP contribution in [0, 0.1) is 0 Å². The van der Waals surface area contributed by atoms with Gasteiger partial charge in [-0.1, -0.05) is 19.1 Å². The highest BCUT2D eigenvalue weighted by Crippen LogP contribution is 2.19. The van der Waals surface area contributed by atoms with Crippen molar-refractivity contribution in [1.82, 2.24) is 25.0 Å². The SMILES string of the molecule is CC[C@@H](C)n1nccc1NC(=O)c1cccc(-c2ncn[nH]2)c1. The number of benzene rings is 1. The van der Waals surface area contributed by atoms with Gasteiger partial charge in [0.25, 0.3) is 5.91 Å².